The molecule has 1 unspecified atom stereocenters. The Hall–Kier alpha value is -1.16. The van der Waals surface area contributed by atoms with Crippen molar-refractivity contribution in [3.63, 3.8) is 0 Å². The largest absolute Gasteiger partial charge is 0.310 e. The molecular weight excluding hydrogens is 214 g/mol. The number of nitrogens with zero attached hydrogens (tertiary/aromatic N) is 1. The van der Waals surface area contributed by atoms with E-state index in [1.165, 1.54) is 25.7 Å². The summed E-state index contributed by atoms with van der Waals surface area (Å²) in [6, 6.07) is 0.281. The Balaban J connectivity index is 1.98. The highest BCUT2D eigenvalue weighted by molar-refractivity contribution is 5.22. The summed E-state index contributed by atoms with van der Waals surface area (Å²) in [5.41, 5.74) is 1.81. The average molecular weight is 233 g/mol. The second-order valence-corrected chi connectivity index (χ2v) is 5.24. The van der Waals surface area contributed by atoms with E-state index >= 15 is 0 Å². The molecular formula is C13H19N3O. The standard InChI is InChI=1S/C13H19N3O/c1-8-11(10-4-2-3-7-14-10)15-12(9-5-6-9)16-13(8)17/h9-10,14H,2-7H2,1H3,(H,15,16,17). The molecule has 0 spiro atoms. The van der Waals surface area contributed by atoms with Crippen LogP contribution in [0.4, 0.5) is 0 Å². The minimum atomic E-state index is 0.0456. The predicted octanol–water partition coefficient (Wildman–Crippen LogP) is 1.77. The molecule has 1 aliphatic carbocycles. The molecule has 92 valence electrons. The first-order valence-electron chi connectivity index (χ1n) is 6.60. The van der Waals surface area contributed by atoms with Gasteiger partial charge < -0.3 is 10.3 Å². The molecule has 3 rings (SSSR count). The van der Waals surface area contributed by atoms with Gasteiger partial charge in [0.2, 0.25) is 0 Å². The third kappa shape index (κ3) is 2.14. The molecule has 0 bridgehead atoms. The number of nitrogens with one attached hydrogen (secondary N) is 2. The molecule has 4 heteroatoms. The SMILES string of the molecule is Cc1c(C2CCCCN2)nc(C2CC2)[nH]c1=O. The molecule has 1 saturated heterocycles. The summed E-state index contributed by atoms with van der Waals surface area (Å²) in [5, 5.41) is 3.47. The number of hydrogen-bond acceptors (Lipinski definition) is 3. The van der Waals surface area contributed by atoms with E-state index in [4.69, 9.17) is 4.98 Å². The summed E-state index contributed by atoms with van der Waals surface area (Å²) < 4.78 is 0. The number of hydrogen-bond donors (Lipinski definition) is 2. The molecule has 1 aromatic rings. The first-order chi connectivity index (χ1) is 8.25. The Kier molecular flexibility index (Phi) is 2.74. The lowest BCUT2D eigenvalue weighted by Gasteiger charge is -2.24. The van der Waals surface area contributed by atoms with Crippen molar-refractivity contribution in [1.29, 1.82) is 0 Å². The summed E-state index contributed by atoms with van der Waals surface area (Å²) >= 11 is 0. The molecule has 2 heterocycles. The Morgan fingerprint density at radius 2 is 2.06 bits per heavy atom. The maximum absolute atomic E-state index is 11.9. The highest BCUT2D eigenvalue weighted by Crippen LogP contribution is 2.38. The molecule has 2 aliphatic rings. The minimum absolute atomic E-state index is 0.0456. The van der Waals surface area contributed by atoms with Gasteiger partial charge in [-0.15, -0.1) is 0 Å². The van der Waals surface area contributed by atoms with Gasteiger partial charge in [-0.3, -0.25) is 4.79 Å². The maximum Gasteiger partial charge on any atom is 0.254 e. The normalized spacial score (nSPS) is 24.9. The van der Waals surface area contributed by atoms with Gasteiger partial charge in [0.25, 0.3) is 5.56 Å². The first-order valence-corrected chi connectivity index (χ1v) is 6.60. The van der Waals surface area contributed by atoms with E-state index < -0.39 is 0 Å². The van der Waals surface area contributed by atoms with E-state index in [1.807, 2.05) is 6.92 Å². The Morgan fingerprint density at radius 3 is 2.71 bits per heavy atom. The molecule has 0 amide bonds. The van der Waals surface area contributed by atoms with Crippen LogP contribution in [0, 0.1) is 6.92 Å². The fourth-order valence-electron chi connectivity index (χ4n) is 2.54. The van der Waals surface area contributed by atoms with E-state index in [-0.39, 0.29) is 11.6 Å². The molecule has 1 aliphatic heterocycles. The summed E-state index contributed by atoms with van der Waals surface area (Å²) in [4.78, 5) is 19.5. The van der Waals surface area contributed by atoms with Crippen molar-refractivity contribution < 1.29 is 0 Å². The molecule has 17 heavy (non-hydrogen) atoms. The van der Waals surface area contributed by atoms with Crippen LogP contribution in [0.3, 0.4) is 0 Å². The van der Waals surface area contributed by atoms with Crippen molar-refractivity contribution in [2.24, 2.45) is 0 Å². The molecule has 1 aromatic heterocycles. The summed E-state index contributed by atoms with van der Waals surface area (Å²) in [7, 11) is 0. The molecule has 2 fully saturated rings. The van der Waals surface area contributed by atoms with Crippen LogP contribution in [0.2, 0.25) is 0 Å². The summed E-state index contributed by atoms with van der Waals surface area (Å²) in [6.07, 6.45) is 5.90. The highest BCUT2D eigenvalue weighted by atomic mass is 16.1. The second-order valence-electron chi connectivity index (χ2n) is 5.24. The number of piperidine rings is 1. The van der Waals surface area contributed by atoms with Crippen molar-refractivity contribution in [1.82, 2.24) is 15.3 Å². The van der Waals surface area contributed by atoms with Crippen LogP contribution in [-0.4, -0.2) is 16.5 Å². The highest BCUT2D eigenvalue weighted by Gasteiger charge is 2.28. The van der Waals surface area contributed by atoms with Crippen LogP contribution >= 0.6 is 0 Å². The van der Waals surface area contributed by atoms with Gasteiger partial charge in [0.1, 0.15) is 5.82 Å². The zero-order valence-electron chi connectivity index (χ0n) is 10.3. The van der Waals surface area contributed by atoms with Gasteiger partial charge in [-0.1, -0.05) is 6.42 Å². The third-order valence-corrected chi connectivity index (χ3v) is 3.81. The van der Waals surface area contributed by atoms with Crippen LogP contribution in [-0.2, 0) is 0 Å². The van der Waals surface area contributed by atoms with Crippen LogP contribution in [0.1, 0.15) is 61.1 Å². The van der Waals surface area contributed by atoms with Crippen molar-refractivity contribution in [3.05, 3.63) is 27.4 Å². The van der Waals surface area contributed by atoms with Crippen molar-refractivity contribution in [3.8, 4) is 0 Å². The van der Waals surface area contributed by atoms with Gasteiger partial charge in [0.15, 0.2) is 0 Å². The fraction of sp³-hybridized carbons (Fsp3) is 0.692. The number of aromatic amines is 1. The van der Waals surface area contributed by atoms with Crippen molar-refractivity contribution in [2.45, 2.75) is 51.0 Å². The number of aromatic nitrogens is 2. The van der Waals surface area contributed by atoms with Gasteiger partial charge in [-0.2, -0.15) is 0 Å². The third-order valence-electron chi connectivity index (χ3n) is 3.81. The van der Waals surface area contributed by atoms with Gasteiger partial charge >= 0.3 is 0 Å². The van der Waals surface area contributed by atoms with E-state index in [9.17, 15) is 4.79 Å². The molecule has 1 atom stereocenters. The lowest BCUT2D eigenvalue weighted by Crippen LogP contribution is -2.31. The van der Waals surface area contributed by atoms with E-state index in [0.717, 1.165) is 30.0 Å². The van der Waals surface area contributed by atoms with Crippen LogP contribution < -0.4 is 10.9 Å². The van der Waals surface area contributed by atoms with Gasteiger partial charge in [0, 0.05) is 11.5 Å². The summed E-state index contributed by atoms with van der Waals surface area (Å²) in [5.74, 6) is 1.41. The lowest BCUT2D eigenvalue weighted by atomic mass is 9.99. The summed E-state index contributed by atoms with van der Waals surface area (Å²) in [6.45, 7) is 2.92. The van der Waals surface area contributed by atoms with Gasteiger partial charge in [0.05, 0.1) is 11.7 Å². The predicted molar refractivity (Wildman–Crippen MR) is 66.2 cm³/mol. The lowest BCUT2D eigenvalue weighted by molar-refractivity contribution is 0.402. The van der Waals surface area contributed by atoms with Gasteiger partial charge in [-0.05, 0) is 39.2 Å². The van der Waals surface area contributed by atoms with Crippen molar-refractivity contribution in [2.75, 3.05) is 6.54 Å². The zero-order chi connectivity index (χ0) is 11.8. The number of H-pyrrole nitrogens is 1. The van der Waals surface area contributed by atoms with Crippen LogP contribution in [0.25, 0.3) is 0 Å². The molecule has 2 N–H and O–H groups in total. The minimum Gasteiger partial charge on any atom is -0.310 e. The molecule has 0 aromatic carbocycles. The number of rotatable bonds is 2. The van der Waals surface area contributed by atoms with Gasteiger partial charge in [-0.25, -0.2) is 4.98 Å². The smallest absolute Gasteiger partial charge is 0.254 e. The topological polar surface area (TPSA) is 57.8 Å². The quantitative estimate of drug-likeness (QED) is 0.818. The molecule has 4 nitrogen and oxygen atoms in total. The van der Waals surface area contributed by atoms with Crippen molar-refractivity contribution >= 4 is 0 Å². The van der Waals surface area contributed by atoms with E-state index in [0.29, 0.717) is 5.92 Å². The maximum atomic E-state index is 11.9. The van der Waals surface area contributed by atoms with E-state index in [2.05, 4.69) is 10.3 Å². The monoisotopic (exact) mass is 233 g/mol. The Bertz CT molecular complexity index is 470. The second kappa shape index (κ2) is 4.26. The Labute approximate surface area is 101 Å². The van der Waals surface area contributed by atoms with Crippen LogP contribution in [0.5, 0.6) is 0 Å². The zero-order valence-corrected chi connectivity index (χ0v) is 10.3. The fourth-order valence-corrected chi connectivity index (χ4v) is 2.54. The first kappa shape index (κ1) is 11.0. The van der Waals surface area contributed by atoms with Crippen LogP contribution in [0.15, 0.2) is 4.79 Å². The Morgan fingerprint density at radius 1 is 1.24 bits per heavy atom. The van der Waals surface area contributed by atoms with E-state index in [1.54, 1.807) is 0 Å². The molecule has 0 radical (unpaired) electrons. The molecule has 1 saturated carbocycles. The average Bonchev–Trinajstić information content (AvgIpc) is 3.18.